The van der Waals surface area contributed by atoms with Gasteiger partial charge >= 0.3 is 5.97 Å². The van der Waals surface area contributed by atoms with Gasteiger partial charge in [-0.1, -0.05) is 0 Å². The van der Waals surface area contributed by atoms with E-state index in [0.717, 1.165) is 5.56 Å². The lowest BCUT2D eigenvalue weighted by Gasteiger charge is -2.23. The average Bonchev–Trinajstić information content (AvgIpc) is 3.18. The van der Waals surface area contributed by atoms with Crippen molar-refractivity contribution in [3.63, 3.8) is 0 Å². The Hall–Kier alpha value is -1.93. The summed E-state index contributed by atoms with van der Waals surface area (Å²) in [6.45, 7) is 1.80. The first-order valence-corrected chi connectivity index (χ1v) is 7.89. The van der Waals surface area contributed by atoms with Crippen LogP contribution in [0, 0.1) is 18.8 Å². The Morgan fingerprint density at radius 2 is 1.91 bits per heavy atom. The highest BCUT2D eigenvalue weighted by Crippen LogP contribution is 2.43. The van der Waals surface area contributed by atoms with Gasteiger partial charge in [-0.2, -0.15) is 0 Å². The van der Waals surface area contributed by atoms with Gasteiger partial charge in [0.15, 0.2) is 0 Å². The minimum Gasteiger partial charge on any atom is -0.481 e. The number of aryl methyl sites for hydroxylation is 1. The normalized spacial score (nSPS) is 29.3. The number of amides is 2. The summed E-state index contributed by atoms with van der Waals surface area (Å²) in [7, 11) is 0. The van der Waals surface area contributed by atoms with Crippen LogP contribution in [0.4, 0.5) is 0 Å². The molecule has 8 heteroatoms. The fraction of sp³-hybridized carbons (Fsp3) is 0.500. The van der Waals surface area contributed by atoms with Gasteiger partial charge in [-0.05, 0) is 36.8 Å². The zero-order chi connectivity index (χ0) is 15.9. The van der Waals surface area contributed by atoms with Crippen molar-refractivity contribution < 1.29 is 24.2 Å². The molecule has 4 atom stereocenters. The van der Waals surface area contributed by atoms with Crippen molar-refractivity contribution in [2.24, 2.45) is 11.8 Å². The van der Waals surface area contributed by atoms with Crippen LogP contribution >= 0.6 is 11.3 Å². The summed E-state index contributed by atoms with van der Waals surface area (Å²) in [4.78, 5) is 36.0. The van der Waals surface area contributed by atoms with Gasteiger partial charge in [0.25, 0.3) is 5.91 Å². The maximum absolute atomic E-state index is 12.2. The van der Waals surface area contributed by atoms with Crippen molar-refractivity contribution >= 4 is 29.1 Å². The van der Waals surface area contributed by atoms with E-state index in [0.29, 0.717) is 17.7 Å². The largest absolute Gasteiger partial charge is 0.481 e. The summed E-state index contributed by atoms with van der Waals surface area (Å²) in [5, 5.41) is 11.1. The van der Waals surface area contributed by atoms with Crippen LogP contribution in [0.25, 0.3) is 0 Å². The molecule has 0 aliphatic carbocycles. The van der Waals surface area contributed by atoms with Crippen LogP contribution in [0.5, 0.6) is 0 Å². The first kappa shape index (κ1) is 15.0. The van der Waals surface area contributed by atoms with Gasteiger partial charge in [0.05, 0.1) is 28.9 Å². The Morgan fingerprint density at radius 1 is 1.23 bits per heavy atom. The molecule has 0 unspecified atom stereocenters. The van der Waals surface area contributed by atoms with E-state index < -0.39 is 35.7 Å². The van der Waals surface area contributed by atoms with Crippen LogP contribution in [0.3, 0.4) is 0 Å². The number of ether oxygens (including phenoxy) is 1. The third-order valence-corrected chi connectivity index (χ3v) is 5.24. The highest BCUT2D eigenvalue weighted by Gasteiger charge is 2.55. The first-order valence-electron chi connectivity index (χ1n) is 7.01. The molecule has 7 nitrogen and oxygen atoms in total. The molecule has 0 radical (unpaired) electrons. The number of hydrogen-bond donors (Lipinski definition) is 3. The van der Waals surface area contributed by atoms with Gasteiger partial charge in [0.2, 0.25) is 5.91 Å². The van der Waals surface area contributed by atoms with Crippen LogP contribution in [0.15, 0.2) is 11.4 Å². The highest BCUT2D eigenvalue weighted by molar-refractivity contribution is 7.12. The maximum atomic E-state index is 12.2. The van der Waals surface area contributed by atoms with E-state index in [1.165, 1.54) is 11.3 Å². The number of hydrogen-bond acceptors (Lipinski definition) is 5. The topological polar surface area (TPSA) is 105 Å². The van der Waals surface area contributed by atoms with Gasteiger partial charge in [-0.25, -0.2) is 0 Å². The first-order chi connectivity index (χ1) is 10.5. The quantitative estimate of drug-likeness (QED) is 0.710. The molecule has 3 rings (SSSR count). The lowest BCUT2D eigenvalue weighted by Crippen LogP contribution is -2.50. The monoisotopic (exact) mass is 324 g/mol. The van der Waals surface area contributed by atoms with E-state index in [9.17, 15) is 19.5 Å². The third kappa shape index (κ3) is 2.48. The SMILES string of the molecule is Cc1ccsc1C(=O)NNC(=O)[C@H]1[C@@H](C(=O)O)[C@H]2CC[C@H]1O2. The van der Waals surface area contributed by atoms with Gasteiger partial charge in [0, 0.05) is 0 Å². The summed E-state index contributed by atoms with van der Waals surface area (Å²) in [5.41, 5.74) is 5.50. The predicted octanol–water partition coefficient (Wildman–Crippen LogP) is 0.696. The molecule has 0 aromatic carbocycles. The molecule has 1 aromatic heterocycles. The van der Waals surface area contributed by atoms with Crippen LogP contribution < -0.4 is 10.9 Å². The number of thiophene rings is 1. The van der Waals surface area contributed by atoms with E-state index in [2.05, 4.69) is 10.9 Å². The smallest absolute Gasteiger partial charge is 0.310 e. The minimum absolute atomic E-state index is 0.383. The molecule has 22 heavy (non-hydrogen) atoms. The molecule has 2 aliphatic rings. The predicted molar refractivity (Wildman–Crippen MR) is 77.2 cm³/mol. The molecule has 118 valence electrons. The van der Waals surface area contributed by atoms with Crippen molar-refractivity contribution in [2.45, 2.75) is 32.0 Å². The molecular weight excluding hydrogens is 308 g/mol. The van der Waals surface area contributed by atoms with Crippen LogP contribution in [-0.2, 0) is 14.3 Å². The minimum atomic E-state index is -1.03. The zero-order valence-electron chi connectivity index (χ0n) is 11.9. The van der Waals surface area contributed by atoms with Crippen molar-refractivity contribution in [1.82, 2.24) is 10.9 Å². The molecular formula is C14H16N2O5S. The van der Waals surface area contributed by atoms with E-state index in [1.54, 1.807) is 12.3 Å². The second-order valence-corrected chi connectivity index (χ2v) is 6.47. The third-order valence-electron chi connectivity index (χ3n) is 4.23. The number of hydrazine groups is 1. The second-order valence-electron chi connectivity index (χ2n) is 5.56. The van der Waals surface area contributed by atoms with E-state index >= 15 is 0 Å². The Kier molecular flexibility index (Phi) is 3.88. The van der Waals surface area contributed by atoms with Gasteiger partial charge in [0.1, 0.15) is 0 Å². The highest BCUT2D eigenvalue weighted by atomic mass is 32.1. The molecule has 2 fully saturated rings. The van der Waals surface area contributed by atoms with Crippen molar-refractivity contribution in [3.8, 4) is 0 Å². The van der Waals surface area contributed by atoms with Crippen molar-refractivity contribution in [1.29, 1.82) is 0 Å². The number of carbonyl (C=O) groups is 3. The number of rotatable bonds is 3. The number of carboxylic acids is 1. The fourth-order valence-electron chi connectivity index (χ4n) is 3.19. The summed E-state index contributed by atoms with van der Waals surface area (Å²) in [6.07, 6.45) is 0.538. The molecule has 2 bridgehead atoms. The molecule has 2 saturated heterocycles. The van der Waals surface area contributed by atoms with Gasteiger partial charge in [-0.15, -0.1) is 11.3 Å². The second kappa shape index (κ2) is 5.69. The summed E-state index contributed by atoms with van der Waals surface area (Å²) >= 11 is 1.28. The lowest BCUT2D eigenvalue weighted by atomic mass is 9.79. The van der Waals surface area contributed by atoms with Gasteiger partial charge < -0.3 is 9.84 Å². The Balaban J connectivity index is 1.63. The lowest BCUT2D eigenvalue weighted by molar-refractivity contribution is -0.148. The molecule has 2 amide bonds. The zero-order valence-corrected chi connectivity index (χ0v) is 12.7. The maximum Gasteiger partial charge on any atom is 0.310 e. The van der Waals surface area contributed by atoms with E-state index in [-0.39, 0.29) is 6.10 Å². The number of carbonyl (C=O) groups excluding carboxylic acids is 2. The van der Waals surface area contributed by atoms with Crippen molar-refractivity contribution in [3.05, 3.63) is 21.9 Å². The summed E-state index contributed by atoms with van der Waals surface area (Å²) in [6, 6.07) is 1.81. The Morgan fingerprint density at radius 3 is 2.50 bits per heavy atom. The van der Waals surface area contributed by atoms with E-state index in [1.807, 2.05) is 6.07 Å². The van der Waals surface area contributed by atoms with Crippen LogP contribution in [0.1, 0.15) is 28.1 Å². The standard InChI is InChI=1S/C14H16N2O5S/c1-6-4-5-22-11(6)13(18)16-15-12(17)9-7-2-3-8(21-7)10(9)14(19)20/h4-5,7-10H,2-3H2,1H3,(H,15,17)(H,16,18)(H,19,20)/t7-,8-,9-,10+/m1/s1. The van der Waals surface area contributed by atoms with Gasteiger partial charge in [-0.3, -0.25) is 25.2 Å². The van der Waals surface area contributed by atoms with E-state index in [4.69, 9.17) is 4.74 Å². The fourth-order valence-corrected chi connectivity index (χ4v) is 4.01. The molecule has 3 heterocycles. The number of aliphatic carboxylic acids is 1. The Labute approximate surface area is 130 Å². The Bertz CT molecular complexity index is 629. The van der Waals surface area contributed by atoms with Crippen LogP contribution in [-0.4, -0.2) is 35.1 Å². The molecule has 1 aromatic rings. The number of fused-ring (bicyclic) bond motifs is 2. The number of carboxylic acid groups (broad SMARTS) is 1. The summed E-state index contributed by atoms with van der Waals surface area (Å²) in [5.74, 6) is -3.56. The van der Waals surface area contributed by atoms with Crippen molar-refractivity contribution in [2.75, 3.05) is 0 Å². The van der Waals surface area contributed by atoms with Crippen LogP contribution in [0.2, 0.25) is 0 Å². The molecule has 0 spiro atoms. The molecule has 3 N–H and O–H groups in total. The average molecular weight is 324 g/mol. The molecule has 2 aliphatic heterocycles. The molecule has 0 saturated carbocycles. The number of nitrogens with one attached hydrogen (secondary N) is 2. The summed E-state index contributed by atoms with van der Waals surface area (Å²) < 4.78 is 5.53.